The fourth-order valence-electron chi connectivity index (χ4n) is 5.18. The van der Waals surface area contributed by atoms with Gasteiger partial charge in [0.05, 0.1) is 24.1 Å². The van der Waals surface area contributed by atoms with Gasteiger partial charge in [0.1, 0.15) is 17.4 Å². The van der Waals surface area contributed by atoms with Crippen molar-refractivity contribution in [3.8, 4) is 11.6 Å². The number of carbonyl (C=O) groups is 1. The molecule has 2 heterocycles. The van der Waals surface area contributed by atoms with Gasteiger partial charge in [-0.2, -0.15) is 4.98 Å². The number of oxazole rings is 1. The number of nitrogens with zero attached hydrogens (tertiary/aromatic N) is 3. The van der Waals surface area contributed by atoms with E-state index in [0.717, 1.165) is 59.2 Å². The van der Waals surface area contributed by atoms with Crippen molar-refractivity contribution >= 4 is 34.2 Å². The second kappa shape index (κ2) is 9.81. The Balaban J connectivity index is 1.38. The van der Waals surface area contributed by atoms with Gasteiger partial charge < -0.3 is 24.5 Å². The zero-order valence-corrected chi connectivity index (χ0v) is 21.6. The summed E-state index contributed by atoms with van der Waals surface area (Å²) in [6, 6.07) is 11.2. The molecule has 2 aliphatic rings. The Labute approximate surface area is 220 Å². The van der Waals surface area contributed by atoms with Crippen LogP contribution in [0.25, 0.3) is 16.7 Å². The zero-order chi connectivity index (χ0) is 26.2. The number of hydrogen-bond donors (Lipinski definition) is 2. The summed E-state index contributed by atoms with van der Waals surface area (Å²) in [4.78, 5) is 26.3. The first-order valence-corrected chi connectivity index (χ1v) is 12.8. The topological polar surface area (TPSA) is 111 Å². The molecule has 0 unspecified atom stereocenters. The number of anilines is 2. The molecule has 1 fully saturated rings. The van der Waals surface area contributed by atoms with Crippen LogP contribution in [0, 0.1) is 6.92 Å². The van der Waals surface area contributed by atoms with Crippen LogP contribution in [0.15, 0.2) is 46.9 Å². The molecule has 2 N–H and O–H groups in total. The lowest BCUT2D eigenvalue weighted by atomic mass is 10.0. The number of nitrogens with one attached hydrogen (secondary N) is 2. The molecule has 0 atom stereocenters. The maximum absolute atomic E-state index is 12.1. The lowest BCUT2D eigenvalue weighted by Gasteiger charge is -2.18. The molecule has 0 aliphatic heterocycles. The summed E-state index contributed by atoms with van der Waals surface area (Å²) < 4.78 is 17.7. The number of aryl methyl sites for hydroxylation is 1. The normalized spacial score (nSPS) is 14.9. The van der Waals surface area contributed by atoms with Crippen LogP contribution in [0.3, 0.4) is 0 Å². The van der Waals surface area contributed by atoms with E-state index in [1.54, 1.807) is 32.4 Å². The van der Waals surface area contributed by atoms with Gasteiger partial charge in [-0.1, -0.05) is 12.1 Å². The second-order valence-electron chi connectivity index (χ2n) is 9.55. The number of amides is 1. The van der Waals surface area contributed by atoms with Crippen LogP contribution in [0.5, 0.6) is 11.6 Å². The molecule has 38 heavy (non-hydrogen) atoms. The Morgan fingerprint density at radius 1 is 1.08 bits per heavy atom. The molecule has 2 aliphatic carbocycles. The van der Waals surface area contributed by atoms with Gasteiger partial charge in [0.25, 0.3) is 5.91 Å². The van der Waals surface area contributed by atoms with Crippen LogP contribution in [0.4, 0.5) is 11.6 Å². The van der Waals surface area contributed by atoms with Gasteiger partial charge in [0, 0.05) is 26.0 Å². The SMILES string of the molecule is CNC(=O)c1ccc(Nc2nc3c(c(OC4CCCC4)n2)C(c2ccc4oc(C)nc4c2)=CC3)c(OC)c1. The van der Waals surface area contributed by atoms with Gasteiger partial charge in [-0.25, -0.2) is 9.97 Å². The molecule has 0 bridgehead atoms. The first kappa shape index (κ1) is 24.0. The van der Waals surface area contributed by atoms with Crippen molar-refractivity contribution in [2.45, 2.75) is 45.1 Å². The molecule has 9 nitrogen and oxygen atoms in total. The van der Waals surface area contributed by atoms with Gasteiger partial charge in [0.2, 0.25) is 11.8 Å². The van der Waals surface area contributed by atoms with Crippen molar-refractivity contribution in [3.05, 3.63) is 70.7 Å². The second-order valence-corrected chi connectivity index (χ2v) is 9.55. The van der Waals surface area contributed by atoms with Crippen molar-refractivity contribution in [3.63, 3.8) is 0 Å². The molecule has 9 heteroatoms. The molecule has 6 rings (SSSR count). The van der Waals surface area contributed by atoms with E-state index in [-0.39, 0.29) is 12.0 Å². The summed E-state index contributed by atoms with van der Waals surface area (Å²) in [5.41, 5.74) is 6.62. The van der Waals surface area contributed by atoms with Crippen molar-refractivity contribution in [2.24, 2.45) is 0 Å². The van der Waals surface area contributed by atoms with Crippen molar-refractivity contribution < 1.29 is 18.7 Å². The monoisotopic (exact) mass is 511 g/mol. The Hall–Kier alpha value is -4.40. The van der Waals surface area contributed by atoms with E-state index in [4.69, 9.17) is 23.9 Å². The summed E-state index contributed by atoms with van der Waals surface area (Å²) in [6.07, 6.45) is 7.29. The largest absolute Gasteiger partial charge is 0.495 e. The summed E-state index contributed by atoms with van der Waals surface area (Å²) in [7, 11) is 3.16. The van der Waals surface area contributed by atoms with Gasteiger partial charge >= 0.3 is 0 Å². The molecule has 1 saturated carbocycles. The van der Waals surface area contributed by atoms with Crippen LogP contribution in [0.1, 0.15) is 58.8 Å². The van der Waals surface area contributed by atoms with E-state index in [2.05, 4.69) is 21.7 Å². The summed E-state index contributed by atoms with van der Waals surface area (Å²) in [5, 5.41) is 5.91. The highest BCUT2D eigenvalue weighted by atomic mass is 16.5. The van der Waals surface area contributed by atoms with E-state index in [1.807, 2.05) is 25.1 Å². The molecular weight excluding hydrogens is 482 g/mol. The third-order valence-corrected chi connectivity index (χ3v) is 7.04. The number of aromatic nitrogens is 3. The fraction of sp³-hybridized carbons (Fsp3) is 0.310. The Kier molecular flexibility index (Phi) is 6.19. The number of fused-ring (bicyclic) bond motifs is 2. The Bertz CT molecular complexity index is 1570. The molecule has 1 amide bonds. The highest BCUT2D eigenvalue weighted by Crippen LogP contribution is 2.41. The summed E-state index contributed by atoms with van der Waals surface area (Å²) >= 11 is 0. The maximum Gasteiger partial charge on any atom is 0.251 e. The fourth-order valence-corrected chi connectivity index (χ4v) is 5.18. The summed E-state index contributed by atoms with van der Waals surface area (Å²) in [6.45, 7) is 1.85. The number of ether oxygens (including phenoxy) is 2. The maximum atomic E-state index is 12.1. The van der Waals surface area contributed by atoms with Gasteiger partial charge in [0.15, 0.2) is 11.5 Å². The molecular formula is C29H29N5O4. The highest BCUT2D eigenvalue weighted by Gasteiger charge is 2.28. The summed E-state index contributed by atoms with van der Waals surface area (Å²) in [5.74, 6) is 1.96. The molecule has 4 aromatic rings. The van der Waals surface area contributed by atoms with Crippen LogP contribution in [0.2, 0.25) is 0 Å². The smallest absolute Gasteiger partial charge is 0.251 e. The zero-order valence-electron chi connectivity index (χ0n) is 21.6. The number of carbonyl (C=O) groups excluding carboxylic acids is 1. The number of benzene rings is 2. The molecule has 194 valence electrons. The minimum Gasteiger partial charge on any atom is -0.495 e. The average Bonchev–Trinajstić information content (AvgIpc) is 3.67. The van der Waals surface area contributed by atoms with Crippen LogP contribution >= 0.6 is 0 Å². The van der Waals surface area contributed by atoms with E-state index < -0.39 is 0 Å². The van der Waals surface area contributed by atoms with Gasteiger partial charge in [-0.3, -0.25) is 4.79 Å². The minimum atomic E-state index is -0.187. The Morgan fingerprint density at radius 2 is 1.92 bits per heavy atom. The number of hydrogen-bond acceptors (Lipinski definition) is 8. The predicted molar refractivity (Wildman–Crippen MR) is 144 cm³/mol. The van der Waals surface area contributed by atoms with Gasteiger partial charge in [-0.15, -0.1) is 0 Å². The average molecular weight is 512 g/mol. The molecule has 2 aromatic carbocycles. The van der Waals surface area contributed by atoms with E-state index in [0.29, 0.717) is 41.1 Å². The number of allylic oxidation sites excluding steroid dienone is 1. The van der Waals surface area contributed by atoms with Crippen LogP contribution < -0.4 is 20.1 Å². The van der Waals surface area contributed by atoms with Crippen LogP contribution in [-0.4, -0.2) is 41.1 Å². The first-order chi connectivity index (χ1) is 18.5. The van der Waals surface area contributed by atoms with E-state index in [1.165, 1.54) is 0 Å². The predicted octanol–water partition coefficient (Wildman–Crippen LogP) is 5.35. The highest BCUT2D eigenvalue weighted by molar-refractivity contribution is 5.95. The molecule has 0 spiro atoms. The van der Waals surface area contributed by atoms with E-state index in [9.17, 15) is 4.79 Å². The standard InChI is InChI=1S/C29H29N5O4/c1-16-31-23-14-17(9-13-24(23)37-16)20-10-12-22-26(20)28(38-19-6-4-5-7-19)34-29(33-22)32-21-11-8-18(27(35)30-2)15-25(21)36-3/h8-11,13-15,19H,4-7,12H2,1-3H3,(H,30,35)(H,32,33,34). The first-order valence-electron chi connectivity index (χ1n) is 12.8. The Morgan fingerprint density at radius 3 is 2.71 bits per heavy atom. The molecule has 2 aromatic heterocycles. The molecule has 0 radical (unpaired) electrons. The third-order valence-electron chi connectivity index (χ3n) is 7.04. The quantitative estimate of drug-likeness (QED) is 0.342. The lowest BCUT2D eigenvalue weighted by molar-refractivity contribution is 0.0962. The lowest BCUT2D eigenvalue weighted by Crippen LogP contribution is -2.18. The number of rotatable bonds is 7. The van der Waals surface area contributed by atoms with Crippen molar-refractivity contribution in [1.82, 2.24) is 20.3 Å². The van der Waals surface area contributed by atoms with E-state index >= 15 is 0 Å². The van der Waals surface area contributed by atoms with Crippen molar-refractivity contribution in [1.29, 1.82) is 0 Å². The number of methoxy groups -OCH3 is 1. The van der Waals surface area contributed by atoms with Crippen molar-refractivity contribution in [2.75, 3.05) is 19.5 Å². The van der Waals surface area contributed by atoms with Gasteiger partial charge in [-0.05, 0) is 67.2 Å². The minimum absolute atomic E-state index is 0.130. The van der Waals surface area contributed by atoms with Crippen LogP contribution in [-0.2, 0) is 6.42 Å². The third kappa shape index (κ3) is 4.44. The molecule has 0 saturated heterocycles.